The first kappa shape index (κ1) is 10.0. The van der Waals surface area contributed by atoms with Crippen molar-refractivity contribution in [1.29, 1.82) is 0 Å². The lowest BCUT2D eigenvalue weighted by atomic mass is 9.66. The summed E-state index contributed by atoms with van der Waals surface area (Å²) < 4.78 is 5.64. The molecule has 0 aromatic heterocycles. The maximum atomic E-state index is 9.42. The van der Waals surface area contributed by atoms with Gasteiger partial charge in [0.15, 0.2) is 0 Å². The third-order valence-electron chi connectivity index (χ3n) is 2.94. The molecule has 12 heavy (non-hydrogen) atoms. The molecule has 2 heteroatoms. The Morgan fingerprint density at radius 1 is 1.50 bits per heavy atom. The van der Waals surface area contributed by atoms with Crippen LogP contribution in [0.4, 0.5) is 0 Å². The van der Waals surface area contributed by atoms with E-state index in [4.69, 9.17) is 4.74 Å². The number of rotatable bonds is 4. The van der Waals surface area contributed by atoms with Crippen LogP contribution < -0.4 is 0 Å². The minimum Gasteiger partial charge on any atom is -0.392 e. The summed E-state index contributed by atoms with van der Waals surface area (Å²) in [6.45, 7) is 7.14. The Balaban J connectivity index is 2.19. The molecule has 1 fully saturated rings. The van der Waals surface area contributed by atoms with Crippen LogP contribution in [0.1, 0.15) is 40.0 Å². The Hall–Kier alpha value is -0.0800. The van der Waals surface area contributed by atoms with Crippen LogP contribution in [0.15, 0.2) is 0 Å². The van der Waals surface area contributed by atoms with Gasteiger partial charge >= 0.3 is 0 Å². The van der Waals surface area contributed by atoms with E-state index in [-0.39, 0.29) is 17.6 Å². The van der Waals surface area contributed by atoms with E-state index in [0.717, 1.165) is 19.4 Å². The van der Waals surface area contributed by atoms with Gasteiger partial charge in [-0.1, -0.05) is 27.2 Å². The molecule has 0 bridgehead atoms. The summed E-state index contributed by atoms with van der Waals surface area (Å²) in [5.41, 5.74) is -0.0201. The molecular weight excluding hydrogens is 152 g/mol. The van der Waals surface area contributed by atoms with Gasteiger partial charge in [-0.05, 0) is 6.42 Å². The van der Waals surface area contributed by atoms with E-state index < -0.39 is 0 Å². The van der Waals surface area contributed by atoms with E-state index in [1.807, 2.05) is 0 Å². The van der Waals surface area contributed by atoms with Gasteiger partial charge < -0.3 is 9.84 Å². The van der Waals surface area contributed by atoms with Gasteiger partial charge in [0.1, 0.15) is 0 Å². The van der Waals surface area contributed by atoms with E-state index in [0.29, 0.717) is 0 Å². The Morgan fingerprint density at radius 3 is 2.58 bits per heavy atom. The van der Waals surface area contributed by atoms with Gasteiger partial charge in [-0.3, -0.25) is 0 Å². The van der Waals surface area contributed by atoms with Gasteiger partial charge in [0, 0.05) is 18.4 Å². The highest BCUT2D eigenvalue weighted by Crippen LogP contribution is 2.42. The molecule has 0 radical (unpaired) electrons. The fourth-order valence-corrected chi connectivity index (χ4v) is 1.52. The smallest absolute Gasteiger partial charge is 0.0675 e. The summed E-state index contributed by atoms with van der Waals surface area (Å²) in [5, 5.41) is 9.42. The average molecular weight is 172 g/mol. The Morgan fingerprint density at radius 2 is 2.17 bits per heavy atom. The van der Waals surface area contributed by atoms with Crippen LogP contribution in [-0.2, 0) is 4.74 Å². The maximum Gasteiger partial charge on any atom is 0.0675 e. The molecule has 1 saturated carbocycles. The molecule has 0 aromatic rings. The number of unbranched alkanes of at least 4 members (excludes halogenated alkanes) is 1. The first-order valence-electron chi connectivity index (χ1n) is 4.88. The molecule has 0 aromatic carbocycles. The molecule has 1 aliphatic rings. The normalized spacial score (nSPS) is 33.0. The number of ether oxygens (including phenoxy) is 1. The Kier molecular flexibility index (Phi) is 3.13. The van der Waals surface area contributed by atoms with Crippen molar-refractivity contribution < 1.29 is 9.84 Å². The molecular formula is C10H20O2. The minimum absolute atomic E-state index is 0.0201. The van der Waals surface area contributed by atoms with Gasteiger partial charge in [0.2, 0.25) is 0 Å². The molecule has 0 heterocycles. The molecule has 1 rings (SSSR count). The average Bonchev–Trinajstić information content (AvgIpc) is 2.04. The predicted octanol–water partition coefficient (Wildman–Crippen LogP) is 1.96. The zero-order chi connectivity index (χ0) is 9.19. The lowest BCUT2D eigenvalue weighted by Crippen LogP contribution is -2.54. The van der Waals surface area contributed by atoms with E-state index in [9.17, 15) is 5.11 Å². The van der Waals surface area contributed by atoms with Crippen molar-refractivity contribution >= 4 is 0 Å². The molecule has 2 atom stereocenters. The quantitative estimate of drug-likeness (QED) is 0.657. The summed E-state index contributed by atoms with van der Waals surface area (Å²) in [6.07, 6.45) is 3.23. The van der Waals surface area contributed by atoms with Crippen LogP contribution in [-0.4, -0.2) is 23.9 Å². The first-order valence-corrected chi connectivity index (χ1v) is 4.88. The summed E-state index contributed by atoms with van der Waals surface area (Å²) in [7, 11) is 0. The van der Waals surface area contributed by atoms with E-state index >= 15 is 0 Å². The third kappa shape index (κ3) is 1.80. The highest BCUT2D eigenvalue weighted by atomic mass is 16.5. The van der Waals surface area contributed by atoms with Crippen molar-refractivity contribution in [2.45, 2.75) is 52.2 Å². The largest absolute Gasteiger partial charge is 0.392 e. The predicted molar refractivity (Wildman–Crippen MR) is 49.1 cm³/mol. The summed E-state index contributed by atoms with van der Waals surface area (Å²) >= 11 is 0. The summed E-state index contributed by atoms with van der Waals surface area (Å²) in [5.74, 6) is 0. The number of hydrogen-bond donors (Lipinski definition) is 1. The van der Waals surface area contributed by atoms with E-state index in [1.165, 1.54) is 6.42 Å². The highest BCUT2D eigenvalue weighted by molar-refractivity contribution is 4.98. The van der Waals surface area contributed by atoms with Crippen molar-refractivity contribution in [2.75, 3.05) is 6.61 Å². The van der Waals surface area contributed by atoms with Crippen molar-refractivity contribution in [1.82, 2.24) is 0 Å². The third-order valence-corrected chi connectivity index (χ3v) is 2.94. The molecule has 0 unspecified atom stereocenters. The Labute approximate surface area is 74.9 Å². The van der Waals surface area contributed by atoms with Crippen LogP contribution in [0.3, 0.4) is 0 Å². The monoisotopic (exact) mass is 172 g/mol. The number of aliphatic hydroxyl groups is 1. The van der Waals surface area contributed by atoms with Gasteiger partial charge in [-0.25, -0.2) is 0 Å². The molecule has 1 aliphatic carbocycles. The number of hydrogen-bond acceptors (Lipinski definition) is 2. The first-order chi connectivity index (χ1) is 5.59. The second kappa shape index (κ2) is 3.75. The van der Waals surface area contributed by atoms with Crippen LogP contribution in [0.5, 0.6) is 0 Å². The zero-order valence-electron chi connectivity index (χ0n) is 8.34. The zero-order valence-corrected chi connectivity index (χ0v) is 8.34. The fourth-order valence-electron chi connectivity index (χ4n) is 1.52. The molecule has 1 N–H and O–H groups in total. The molecule has 72 valence electrons. The Bertz CT molecular complexity index is 143. The van der Waals surface area contributed by atoms with Crippen molar-refractivity contribution in [3.63, 3.8) is 0 Å². The van der Waals surface area contributed by atoms with Crippen LogP contribution in [0.25, 0.3) is 0 Å². The fraction of sp³-hybridized carbons (Fsp3) is 1.00. The minimum atomic E-state index is -0.163. The maximum absolute atomic E-state index is 9.42. The van der Waals surface area contributed by atoms with Gasteiger partial charge in [-0.2, -0.15) is 0 Å². The SMILES string of the molecule is CCCCO[C@@H]1C[C@@H](O)C1(C)C. The standard InChI is InChI=1S/C10H20O2/c1-4-5-6-12-9-7-8(11)10(9,2)3/h8-9,11H,4-7H2,1-3H3/t8-,9-/m1/s1. The van der Waals surface area contributed by atoms with Crippen LogP contribution in [0.2, 0.25) is 0 Å². The highest BCUT2D eigenvalue weighted by Gasteiger charge is 2.47. The second-order valence-electron chi connectivity index (χ2n) is 4.29. The van der Waals surface area contributed by atoms with Gasteiger partial charge in [-0.15, -0.1) is 0 Å². The molecule has 0 amide bonds. The summed E-state index contributed by atoms with van der Waals surface area (Å²) in [6, 6.07) is 0. The lowest BCUT2D eigenvalue weighted by Gasteiger charge is -2.48. The van der Waals surface area contributed by atoms with Crippen LogP contribution in [0, 0.1) is 5.41 Å². The molecule has 0 aliphatic heterocycles. The number of aliphatic hydroxyl groups excluding tert-OH is 1. The molecule has 2 nitrogen and oxygen atoms in total. The summed E-state index contributed by atoms with van der Waals surface area (Å²) in [4.78, 5) is 0. The van der Waals surface area contributed by atoms with E-state index in [2.05, 4.69) is 20.8 Å². The van der Waals surface area contributed by atoms with Gasteiger partial charge in [0.25, 0.3) is 0 Å². The van der Waals surface area contributed by atoms with Crippen LogP contribution >= 0.6 is 0 Å². The van der Waals surface area contributed by atoms with E-state index in [1.54, 1.807) is 0 Å². The van der Waals surface area contributed by atoms with Gasteiger partial charge in [0.05, 0.1) is 12.2 Å². The lowest BCUT2D eigenvalue weighted by molar-refractivity contribution is -0.175. The second-order valence-corrected chi connectivity index (χ2v) is 4.29. The van der Waals surface area contributed by atoms with Crippen molar-refractivity contribution in [3.8, 4) is 0 Å². The molecule has 0 spiro atoms. The van der Waals surface area contributed by atoms with Crippen molar-refractivity contribution in [2.24, 2.45) is 5.41 Å². The topological polar surface area (TPSA) is 29.5 Å². The van der Waals surface area contributed by atoms with Crippen molar-refractivity contribution in [3.05, 3.63) is 0 Å². The molecule has 0 saturated heterocycles.